The number of hydrogen-bond acceptors (Lipinski definition) is 3. The molecule has 0 saturated carbocycles. The Kier molecular flexibility index (Phi) is 5.64. The van der Waals surface area contributed by atoms with E-state index in [2.05, 4.69) is 40.2 Å². The van der Waals surface area contributed by atoms with Crippen molar-refractivity contribution in [2.75, 3.05) is 23.7 Å². The van der Waals surface area contributed by atoms with E-state index in [9.17, 15) is 4.79 Å². The average molecular weight is 283 g/mol. The summed E-state index contributed by atoms with van der Waals surface area (Å²) in [5.74, 6) is -0.00221. The third kappa shape index (κ3) is 5.57. The molecule has 110 valence electrons. The van der Waals surface area contributed by atoms with Crippen LogP contribution in [0.25, 0.3) is 0 Å². The molecule has 4 nitrogen and oxygen atoms in total. The van der Waals surface area contributed by atoms with Crippen LogP contribution in [-0.2, 0) is 11.3 Å². The maximum Gasteiger partial charge on any atom is 0.216 e. The normalized spacial score (nSPS) is 9.95. The van der Waals surface area contributed by atoms with Crippen LogP contribution in [-0.4, -0.2) is 19.0 Å². The van der Waals surface area contributed by atoms with Gasteiger partial charge in [0.15, 0.2) is 0 Å². The number of amides is 1. The van der Waals surface area contributed by atoms with Crippen molar-refractivity contribution in [2.45, 2.75) is 13.5 Å². The number of carbonyl (C=O) groups excluding carboxylic acids is 1. The van der Waals surface area contributed by atoms with E-state index in [1.807, 2.05) is 30.3 Å². The number of hydrogen-bond donors (Lipinski definition) is 3. The quantitative estimate of drug-likeness (QED) is 0.685. The smallest absolute Gasteiger partial charge is 0.216 e. The summed E-state index contributed by atoms with van der Waals surface area (Å²) in [5, 5.41) is 9.44. The Labute approximate surface area is 125 Å². The van der Waals surface area contributed by atoms with Crippen LogP contribution in [0.5, 0.6) is 0 Å². The lowest BCUT2D eigenvalue weighted by molar-refractivity contribution is -0.118. The molecule has 4 heteroatoms. The van der Waals surface area contributed by atoms with E-state index in [1.165, 1.54) is 12.5 Å². The van der Waals surface area contributed by atoms with E-state index >= 15 is 0 Å². The van der Waals surface area contributed by atoms with Crippen LogP contribution in [0.3, 0.4) is 0 Å². The molecule has 1 amide bonds. The molecule has 0 fully saturated rings. The van der Waals surface area contributed by atoms with E-state index in [4.69, 9.17) is 0 Å². The van der Waals surface area contributed by atoms with Gasteiger partial charge in [-0.3, -0.25) is 4.79 Å². The zero-order valence-corrected chi connectivity index (χ0v) is 12.2. The second-order valence-electron chi connectivity index (χ2n) is 4.83. The Morgan fingerprint density at radius 1 is 0.905 bits per heavy atom. The minimum atomic E-state index is -0.00221. The van der Waals surface area contributed by atoms with Gasteiger partial charge in [0.05, 0.1) is 0 Å². The van der Waals surface area contributed by atoms with E-state index < -0.39 is 0 Å². The fraction of sp³-hybridized carbons (Fsp3) is 0.235. The van der Waals surface area contributed by atoms with Crippen molar-refractivity contribution in [2.24, 2.45) is 0 Å². The molecule has 3 N–H and O–H groups in total. The van der Waals surface area contributed by atoms with Gasteiger partial charge in [-0.2, -0.15) is 0 Å². The first kappa shape index (κ1) is 14.9. The zero-order valence-electron chi connectivity index (χ0n) is 12.2. The number of carbonyl (C=O) groups is 1. The van der Waals surface area contributed by atoms with Gasteiger partial charge in [0.2, 0.25) is 5.91 Å². The van der Waals surface area contributed by atoms with Gasteiger partial charge >= 0.3 is 0 Å². The fourth-order valence-electron chi connectivity index (χ4n) is 2.00. The van der Waals surface area contributed by atoms with Crippen LogP contribution < -0.4 is 16.0 Å². The molecule has 0 aliphatic rings. The number of anilines is 2. The minimum Gasteiger partial charge on any atom is -0.383 e. The predicted molar refractivity (Wildman–Crippen MR) is 87.4 cm³/mol. The van der Waals surface area contributed by atoms with Gasteiger partial charge in [-0.15, -0.1) is 0 Å². The van der Waals surface area contributed by atoms with E-state index in [1.54, 1.807) is 0 Å². The van der Waals surface area contributed by atoms with Gasteiger partial charge in [-0.25, -0.2) is 0 Å². The molecule has 0 saturated heterocycles. The van der Waals surface area contributed by atoms with Crippen LogP contribution in [0, 0.1) is 0 Å². The maximum atomic E-state index is 10.8. The molecule has 0 spiro atoms. The molecule has 0 heterocycles. The summed E-state index contributed by atoms with van der Waals surface area (Å²) in [5.41, 5.74) is 3.39. The number of benzene rings is 2. The highest BCUT2D eigenvalue weighted by atomic mass is 16.1. The van der Waals surface area contributed by atoms with Crippen LogP contribution in [0.2, 0.25) is 0 Å². The standard InChI is InChI=1S/C17H21N3O/c1-14(21)18-10-11-19-17-9-5-6-15(12-17)13-20-16-7-3-2-4-8-16/h2-9,12,19-20H,10-11,13H2,1H3,(H,18,21). The summed E-state index contributed by atoms with van der Waals surface area (Å²) in [6.07, 6.45) is 0. The van der Waals surface area contributed by atoms with Crippen LogP contribution in [0.1, 0.15) is 12.5 Å². The first-order valence-corrected chi connectivity index (χ1v) is 7.10. The molecule has 2 aromatic rings. The van der Waals surface area contributed by atoms with Gasteiger partial charge in [0.25, 0.3) is 0 Å². The summed E-state index contributed by atoms with van der Waals surface area (Å²) in [6, 6.07) is 18.4. The Balaban J connectivity index is 1.81. The molecule has 0 aliphatic carbocycles. The van der Waals surface area contributed by atoms with Crippen molar-refractivity contribution >= 4 is 17.3 Å². The fourth-order valence-corrected chi connectivity index (χ4v) is 2.00. The molecule has 0 atom stereocenters. The lowest BCUT2D eigenvalue weighted by Gasteiger charge is -2.10. The van der Waals surface area contributed by atoms with E-state index in [-0.39, 0.29) is 5.91 Å². The van der Waals surface area contributed by atoms with Crippen LogP contribution >= 0.6 is 0 Å². The number of rotatable bonds is 7. The van der Waals surface area contributed by atoms with Gasteiger partial charge < -0.3 is 16.0 Å². The highest BCUT2D eigenvalue weighted by Gasteiger charge is 1.97. The number of nitrogens with one attached hydrogen (secondary N) is 3. The molecule has 2 rings (SSSR count). The second kappa shape index (κ2) is 7.94. The highest BCUT2D eigenvalue weighted by molar-refractivity contribution is 5.72. The van der Waals surface area contributed by atoms with Crippen molar-refractivity contribution in [3.8, 4) is 0 Å². The molecular weight excluding hydrogens is 262 g/mol. The molecule has 0 bridgehead atoms. The van der Waals surface area contributed by atoms with Gasteiger partial charge in [0.1, 0.15) is 0 Å². The van der Waals surface area contributed by atoms with Crippen molar-refractivity contribution in [3.05, 3.63) is 60.2 Å². The van der Waals surface area contributed by atoms with Crippen molar-refractivity contribution in [1.29, 1.82) is 0 Å². The minimum absolute atomic E-state index is 0.00221. The molecular formula is C17H21N3O. The molecule has 0 aromatic heterocycles. The summed E-state index contributed by atoms with van der Waals surface area (Å²) < 4.78 is 0. The third-order valence-electron chi connectivity index (χ3n) is 3.03. The van der Waals surface area contributed by atoms with Crippen LogP contribution in [0.15, 0.2) is 54.6 Å². The average Bonchev–Trinajstić information content (AvgIpc) is 2.51. The maximum absolute atomic E-state index is 10.8. The van der Waals surface area contributed by atoms with Gasteiger partial charge in [0, 0.05) is 37.9 Å². The predicted octanol–water partition coefficient (Wildman–Crippen LogP) is 2.85. The first-order valence-electron chi connectivity index (χ1n) is 7.10. The molecule has 0 aliphatic heterocycles. The Bertz CT molecular complexity index is 569. The highest BCUT2D eigenvalue weighted by Crippen LogP contribution is 2.13. The summed E-state index contributed by atoms with van der Waals surface area (Å²) in [4.78, 5) is 10.8. The van der Waals surface area contributed by atoms with Gasteiger partial charge in [-0.05, 0) is 29.8 Å². The molecule has 21 heavy (non-hydrogen) atoms. The SMILES string of the molecule is CC(=O)NCCNc1cccc(CNc2ccccc2)c1. The third-order valence-corrected chi connectivity index (χ3v) is 3.03. The van der Waals surface area contributed by atoms with Gasteiger partial charge in [-0.1, -0.05) is 30.3 Å². The summed E-state index contributed by atoms with van der Waals surface area (Å²) >= 11 is 0. The van der Waals surface area contributed by atoms with Crippen molar-refractivity contribution < 1.29 is 4.79 Å². The zero-order chi connectivity index (χ0) is 14.9. The lowest BCUT2D eigenvalue weighted by Crippen LogP contribution is -2.26. The molecule has 0 radical (unpaired) electrons. The largest absolute Gasteiger partial charge is 0.383 e. The Morgan fingerprint density at radius 2 is 1.67 bits per heavy atom. The molecule has 0 unspecified atom stereocenters. The van der Waals surface area contributed by atoms with E-state index in [0.717, 1.165) is 24.5 Å². The van der Waals surface area contributed by atoms with Crippen molar-refractivity contribution in [1.82, 2.24) is 5.32 Å². The second-order valence-corrected chi connectivity index (χ2v) is 4.83. The Morgan fingerprint density at radius 3 is 2.43 bits per heavy atom. The van der Waals surface area contributed by atoms with Crippen LogP contribution in [0.4, 0.5) is 11.4 Å². The topological polar surface area (TPSA) is 53.2 Å². The summed E-state index contributed by atoms with van der Waals surface area (Å²) in [6.45, 7) is 3.65. The monoisotopic (exact) mass is 283 g/mol. The number of para-hydroxylation sites is 1. The Hall–Kier alpha value is -2.49. The molecule has 2 aromatic carbocycles. The lowest BCUT2D eigenvalue weighted by atomic mass is 10.2. The summed E-state index contributed by atoms with van der Waals surface area (Å²) in [7, 11) is 0. The van der Waals surface area contributed by atoms with E-state index in [0.29, 0.717) is 6.54 Å². The van der Waals surface area contributed by atoms with Crippen molar-refractivity contribution in [3.63, 3.8) is 0 Å². The first-order chi connectivity index (χ1) is 10.2.